The highest BCUT2D eigenvalue weighted by Gasteiger charge is 2.26. The van der Waals surface area contributed by atoms with Crippen LogP contribution in [0.5, 0.6) is 5.75 Å². The maximum absolute atomic E-state index is 11.7. The van der Waals surface area contributed by atoms with Crippen LogP contribution in [0.4, 0.5) is 0 Å². The number of aryl methyl sites for hydroxylation is 1. The second-order valence-electron chi connectivity index (χ2n) is 5.61. The second-order valence-corrected chi connectivity index (χ2v) is 5.61. The number of carbonyl (C=O) groups is 1. The number of nitrogens with two attached hydrogens (primary N) is 1. The van der Waals surface area contributed by atoms with Crippen molar-refractivity contribution in [1.29, 1.82) is 0 Å². The standard InChI is InChI=1S/C16H19N3O3/c1-10-18-16(22-19-10)14(15(17)20)11-6-8-13(9-7-11)21-12-4-2-3-5-12/h6-9,12,14H,2-5H2,1H3,(H2,17,20). The van der Waals surface area contributed by atoms with Gasteiger partial charge in [0.05, 0.1) is 6.10 Å². The molecule has 116 valence electrons. The lowest BCUT2D eigenvalue weighted by atomic mass is 9.98. The van der Waals surface area contributed by atoms with Gasteiger partial charge in [0, 0.05) is 0 Å². The van der Waals surface area contributed by atoms with E-state index in [1.807, 2.05) is 24.3 Å². The molecule has 6 nitrogen and oxygen atoms in total. The smallest absolute Gasteiger partial charge is 0.243 e. The predicted molar refractivity (Wildman–Crippen MR) is 79.4 cm³/mol. The molecule has 1 unspecified atom stereocenters. The molecule has 1 fully saturated rings. The van der Waals surface area contributed by atoms with Crippen LogP contribution in [-0.4, -0.2) is 22.2 Å². The van der Waals surface area contributed by atoms with E-state index in [1.54, 1.807) is 6.92 Å². The van der Waals surface area contributed by atoms with E-state index in [2.05, 4.69) is 10.1 Å². The molecule has 2 aromatic rings. The number of primary amides is 1. The highest BCUT2D eigenvalue weighted by Crippen LogP contribution is 2.27. The number of hydrogen-bond acceptors (Lipinski definition) is 5. The summed E-state index contributed by atoms with van der Waals surface area (Å²) in [5.74, 6) is 0.243. The summed E-state index contributed by atoms with van der Waals surface area (Å²) in [5, 5.41) is 3.71. The molecule has 0 bridgehead atoms. The Labute approximate surface area is 128 Å². The van der Waals surface area contributed by atoms with Crippen LogP contribution in [0.2, 0.25) is 0 Å². The van der Waals surface area contributed by atoms with Crippen LogP contribution in [0, 0.1) is 6.92 Å². The first-order valence-corrected chi connectivity index (χ1v) is 7.49. The zero-order chi connectivity index (χ0) is 15.5. The van der Waals surface area contributed by atoms with Crippen molar-refractivity contribution in [2.24, 2.45) is 5.73 Å². The fourth-order valence-corrected chi connectivity index (χ4v) is 2.80. The summed E-state index contributed by atoms with van der Waals surface area (Å²) in [5.41, 5.74) is 6.20. The molecule has 0 radical (unpaired) electrons. The van der Waals surface area contributed by atoms with Gasteiger partial charge >= 0.3 is 0 Å². The quantitative estimate of drug-likeness (QED) is 0.915. The lowest BCUT2D eigenvalue weighted by Crippen LogP contribution is -2.22. The average Bonchev–Trinajstić information content (AvgIpc) is 3.13. The third kappa shape index (κ3) is 3.10. The Morgan fingerprint density at radius 3 is 2.55 bits per heavy atom. The molecule has 1 aliphatic carbocycles. The molecule has 1 saturated carbocycles. The van der Waals surface area contributed by atoms with Crippen molar-refractivity contribution in [2.75, 3.05) is 0 Å². The number of nitrogens with zero attached hydrogens (tertiary/aromatic N) is 2. The Morgan fingerprint density at radius 1 is 1.32 bits per heavy atom. The fraction of sp³-hybridized carbons (Fsp3) is 0.438. The Bertz CT molecular complexity index is 645. The van der Waals surface area contributed by atoms with Gasteiger partial charge in [0.15, 0.2) is 5.82 Å². The zero-order valence-electron chi connectivity index (χ0n) is 12.5. The van der Waals surface area contributed by atoms with Crippen LogP contribution in [-0.2, 0) is 4.79 Å². The largest absolute Gasteiger partial charge is 0.490 e. The summed E-state index contributed by atoms with van der Waals surface area (Å²) in [6.07, 6.45) is 4.96. The van der Waals surface area contributed by atoms with Gasteiger partial charge in [-0.2, -0.15) is 4.98 Å². The molecule has 0 saturated heterocycles. The monoisotopic (exact) mass is 301 g/mol. The van der Waals surface area contributed by atoms with Crippen molar-refractivity contribution in [1.82, 2.24) is 10.1 Å². The maximum Gasteiger partial charge on any atom is 0.243 e. The van der Waals surface area contributed by atoms with E-state index in [4.69, 9.17) is 15.0 Å². The highest BCUT2D eigenvalue weighted by atomic mass is 16.5. The molecule has 3 rings (SSSR count). The van der Waals surface area contributed by atoms with Crippen LogP contribution in [0.25, 0.3) is 0 Å². The summed E-state index contributed by atoms with van der Waals surface area (Å²) in [6.45, 7) is 1.70. The number of ether oxygens (including phenoxy) is 1. The molecular formula is C16H19N3O3. The first kappa shape index (κ1) is 14.6. The lowest BCUT2D eigenvalue weighted by Gasteiger charge is -2.14. The SMILES string of the molecule is Cc1noc(C(C(N)=O)c2ccc(OC3CCCC3)cc2)n1. The number of carbonyl (C=O) groups excluding carboxylic acids is 1. The minimum absolute atomic E-state index is 0.217. The van der Waals surface area contributed by atoms with Gasteiger partial charge in [-0.1, -0.05) is 17.3 Å². The van der Waals surface area contributed by atoms with Gasteiger partial charge < -0.3 is 15.0 Å². The van der Waals surface area contributed by atoms with Crippen molar-refractivity contribution < 1.29 is 14.1 Å². The van der Waals surface area contributed by atoms with Crippen LogP contribution in [0.1, 0.15) is 48.9 Å². The topological polar surface area (TPSA) is 91.2 Å². The Morgan fingerprint density at radius 2 is 2.00 bits per heavy atom. The molecule has 1 atom stereocenters. The molecule has 0 spiro atoms. The van der Waals surface area contributed by atoms with Gasteiger partial charge in [0.25, 0.3) is 0 Å². The van der Waals surface area contributed by atoms with Crippen LogP contribution in [0.15, 0.2) is 28.8 Å². The number of benzene rings is 1. The summed E-state index contributed by atoms with van der Waals surface area (Å²) < 4.78 is 11.0. The van der Waals surface area contributed by atoms with Gasteiger partial charge in [-0.05, 0) is 50.3 Å². The fourth-order valence-electron chi connectivity index (χ4n) is 2.80. The molecule has 1 amide bonds. The maximum atomic E-state index is 11.7. The molecular weight excluding hydrogens is 282 g/mol. The van der Waals surface area contributed by atoms with Gasteiger partial charge in [-0.15, -0.1) is 0 Å². The van der Waals surface area contributed by atoms with E-state index in [0.717, 1.165) is 24.2 Å². The van der Waals surface area contributed by atoms with E-state index >= 15 is 0 Å². The van der Waals surface area contributed by atoms with Crippen molar-refractivity contribution in [3.05, 3.63) is 41.5 Å². The van der Waals surface area contributed by atoms with E-state index in [-0.39, 0.29) is 5.89 Å². The Hall–Kier alpha value is -2.37. The number of amides is 1. The third-order valence-corrected chi connectivity index (χ3v) is 3.89. The molecule has 0 aliphatic heterocycles. The summed E-state index contributed by atoms with van der Waals surface area (Å²) in [7, 11) is 0. The van der Waals surface area contributed by atoms with Crippen molar-refractivity contribution in [2.45, 2.75) is 44.6 Å². The van der Waals surface area contributed by atoms with Crippen LogP contribution >= 0.6 is 0 Å². The number of hydrogen-bond donors (Lipinski definition) is 1. The Kier molecular flexibility index (Phi) is 4.09. The van der Waals surface area contributed by atoms with E-state index in [0.29, 0.717) is 11.9 Å². The molecule has 1 aromatic carbocycles. The summed E-state index contributed by atoms with van der Waals surface area (Å²) >= 11 is 0. The molecule has 1 aliphatic rings. The Balaban J connectivity index is 1.78. The van der Waals surface area contributed by atoms with Crippen molar-refractivity contribution >= 4 is 5.91 Å². The first-order chi connectivity index (χ1) is 10.6. The highest BCUT2D eigenvalue weighted by molar-refractivity contribution is 5.84. The molecule has 1 aromatic heterocycles. The van der Waals surface area contributed by atoms with Gasteiger partial charge in [0.1, 0.15) is 11.7 Å². The summed E-state index contributed by atoms with van der Waals surface area (Å²) in [4.78, 5) is 15.8. The van der Waals surface area contributed by atoms with Gasteiger partial charge in [-0.3, -0.25) is 4.79 Å². The molecule has 2 N–H and O–H groups in total. The average molecular weight is 301 g/mol. The molecule has 22 heavy (non-hydrogen) atoms. The van der Waals surface area contributed by atoms with Crippen LogP contribution < -0.4 is 10.5 Å². The third-order valence-electron chi connectivity index (χ3n) is 3.89. The number of rotatable bonds is 5. The van der Waals surface area contributed by atoms with Crippen molar-refractivity contribution in [3.63, 3.8) is 0 Å². The van der Waals surface area contributed by atoms with Crippen molar-refractivity contribution in [3.8, 4) is 5.75 Å². The second kappa shape index (κ2) is 6.17. The summed E-state index contributed by atoms with van der Waals surface area (Å²) in [6, 6.07) is 7.35. The first-order valence-electron chi connectivity index (χ1n) is 7.49. The van der Waals surface area contributed by atoms with Gasteiger partial charge in [0.2, 0.25) is 11.8 Å². The van der Waals surface area contributed by atoms with E-state index < -0.39 is 11.8 Å². The van der Waals surface area contributed by atoms with E-state index in [1.165, 1.54) is 12.8 Å². The lowest BCUT2D eigenvalue weighted by molar-refractivity contribution is -0.119. The minimum atomic E-state index is -0.735. The molecule has 6 heteroatoms. The van der Waals surface area contributed by atoms with Gasteiger partial charge in [-0.25, -0.2) is 0 Å². The van der Waals surface area contributed by atoms with Crippen LogP contribution in [0.3, 0.4) is 0 Å². The minimum Gasteiger partial charge on any atom is -0.490 e. The number of aromatic nitrogens is 2. The molecule has 1 heterocycles. The predicted octanol–water partition coefficient (Wildman–Crippen LogP) is 2.32. The van der Waals surface area contributed by atoms with E-state index in [9.17, 15) is 4.79 Å². The normalized spacial score (nSPS) is 16.6. The zero-order valence-corrected chi connectivity index (χ0v) is 12.5.